The van der Waals surface area contributed by atoms with Gasteiger partial charge in [-0.2, -0.15) is 0 Å². The van der Waals surface area contributed by atoms with Crippen LogP contribution in [0.15, 0.2) is 12.3 Å². The fraction of sp³-hybridized carbons (Fsp3) is 0.400. The summed E-state index contributed by atoms with van der Waals surface area (Å²) in [6.07, 6.45) is 1.33. The second kappa shape index (κ2) is 4.89. The number of hydrazine groups is 1. The molecule has 3 N–H and O–H groups in total. The topological polar surface area (TPSA) is 71.2 Å². The summed E-state index contributed by atoms with van der Waals surface area (Å²) < 4.78 is 13.7. The van der Waals surface area contributed by atoms with Gasteiger partial charge < -0.3 is 10.3 Å². The van der Waals surface area contributed by atoms with Gasteiger partial charge >= 0.3 is 0 Å². The van der Waals surface area contributed by atoms with Gasteiger partial charge in [-0.1, -0.05) is 0 Å². The van der Waals surface area contributed by atoms with E-state index in [0.717, 1.165) is 0 Å². The van der Waals surface area contributed by atoms with Gasteiger partial charge in [0.05, 0.1) is 5.56 Å². The van der Waals surface area contributed by atoms with E-state index in [2.05, 4.69) is 10.4 Å². The monoisotopic (exact) mass is 226 g/mol. The van der Waals surface area contributed by atoms with Crippen LogP contribution in [-0.4, -0.2) is 28.9 Å². The summed E-state index contributed by atoms with van der Waals surface area (Å²) in [5, 5.41) is 0. The smallest absolute Gasteiger partial charge is 0.257 e. The van der Waals surface area contributed by atoms with E-state index in [1.807, 2.05) is 13.8 Å². The van der Waals surface area contributed by atoms with E-state index in [9.17, 15) is 9.18 Å². The molecule has 1 amide bonds. The molecule has 0 spiro atoms. The Hall–Kier alpha value is -1.69. The van der Waals surface area contributed by atoms with Crippen molar-refractivity contribution in [3.63, 3.8) is 0 Å². The average molecular weight is 226 g/mol. The zero-order valence-corrected chi connectivity index (χ0v) is 9.49. The molecule has 0 bridgehead atoms. The number of hydrogen-bond acceptors (Lipinski definition) is 4. The Morgan fingerprint density at radius 2 is 2.25 bits per heavy atom. The molecule has 0 aromatic carbocycles. The minimum absolute atomic E-state index is 0.00523. The lowest BCUT2D eigenvalue weighted by Gasteiger charge is -2.21. The Labute approximate surface area is 93.4 Å². The zero-order chi connectivity index (χ0) is 12.3. The molecule has 0 aliphatic heterocycles. The second-order valence-corrected chi connectivity index (χ2v) is 3.68. The number of nitrogens with one attached hydrogen (secondary N) is 1. The van der Waals surface area contributed by atoms with Crippen molar-refractivity contribution in [1.29, 1.82) is 0 Å². The SMILES string of the molecule is CC(C)N(C)C(=O)c1ccnc(NN)c1F. The van der Waals surface area contributed by atoms with Gasteiger partial charge in [0.2, 0.25) is 0 Å². The molecule has 1 aromatic rings. The Morgan fingerprint density at radius 1 is 1.62 bits per heavy atom. The fourth-order valence-corrected chi connectivity index (χ4v) is 1.13. The van der Waals surface area contributed by atoms with Crippen molar-refractivity contribution < 1.29 is 9.18 Å². The van der Waals surface area contributed by atoms with Gasteiger partial charge in [0.1, 0.15) is 0 Å². The van der Waals surface area contributed by atoms with Crippen LogP contribution in [-0.2, 0) is 0 Å². The first kappa shape index (κ1) is 12.4. The largest absolute Gasteiger partial charge is 0.339 e. The van der Waals surface area contributed by atoms with Crippen LogP contribution >= 0.6 is 0 Å². The number of carbonyl (C=O) groups excluding carboxylic acids is 1. The predicted molar refractivity (Wildman–Crippen MR) is 59.2 cm³/mol. The van der Waals surface area contributed by atoms with Gasteiger partial charge in [-0.05, 0) is 19.9 Å². The van der Waals surface area contributed by atoms with Crippen LogP contribution in [0.2, 0.25) is 0 Å². The molecule has 0 aliphatic rings. The van der Waals surface area contributed by atoms with E-state index in [-0.39, 0.29) is 17.4 Å². The lowest BCUT2D eigenvalue weighted by atomic mass is 10.2. The van der Waals surface area contributed by atoms with Gasteiger partial charge in [0, 0.05) is 19.3 Å². The second-order valence-electron chi connectivity index (χ2n) is 3.68. The maximum Gasteiger partial charge on any atom is 0.257 e. The molecule has 1 heterocycles. The Morgan fingerprint density at radius 3 is 2.75 bits per heavy atom. The number of carbonyl (C=O) groups is 1. The number of anilines is 1. The number of nitrogens with zero attached hydrogens (tertiary/aromatic N) is 2. The van der Waals surface area contributed by atoms with Crippen LogP contribution in [0.3, 0.4) is 0 Å². The average Bonchev–Trinajstić information content (AvgIpc) is 2.27. The summed E-state index contributed by atoms with van der Waals surface area (Å²) in [4.78, 5) is 17.0. The maximum atomic E-state index is 13.7. The number of aromatic nitrogens is 1. The number of pyridine rings is 1. The molecular weight excluding hydrogens is 211 g/mol. The third kappa shape index (κ3) is 2.27. The van der Waals surface area contributed by atoms with Crippen molar-refractivity contribution in [3.8, 4) is 0 Å². The Balaban J connectivity index is 3.09. The van der Waals surface area contributed by atoms with E-state index >= 15 is 0 Å². The maximum absolute atomic E-state index is 13.7. The van der Waals surface area contributed by atoms with Crippen LogP contribution in [0.4, 0.5) is 10.2 Å². The summed E-state index contributed by atoms with van der Waals surface area (Å²) in [5.74, 6) is 3.81. The zero-order valence-electron chi connectivity index (χ0n) is 9.49. The van der Waals surface area contributed by atoms with E-state index in [0.29, 0.717) is 0 Å². The number of halogens is 1. The third-order valence-corrected chi connectivity index (χ3v) is 2.35. The molecular formula is C10H15FN4O. The Bertz CT molecular complexity index is 394. The molecule has 0 aliphatic carbocycles. The molecule has 0 saturated heterocycles. The molecule has 0 unspecified atom stereocenters. The van der Waals surface area contributed by atoms with Gasteiger partial charge in [-0.15, -0.1) is 0 Å². The number of amides is 1. The number of nitrogen functional groups attached to an aromatic ring is 1. The van der Waals surface area contributed by atoms with Gasteiger partial charge in [0.25, 0.3) is 5.91 Å². The van der Waals surface area contributed by atoms with Crippen LogP contribution in [0.1, 0.15) is 24.2 Å². The van der Waals surface area contributed by atoms with Crippen LogP contribution in [0, 0.1) is 5.82 Å². The summed E-state index contributed by atoms with van der Waals surface area (Å²) in [6, 6.07) is 1.33. The quantitative estimate of drug-likeness (QED) is 0.595. The van der Waals surface area contributed by atoms with Crippen molar-refractivity contribution in [2.24, 2.45) is 5.84 Å². The predicted octanol–water partition coefficient (Wildman–Crippen LogP) is 0.987. The van der Waals surface area contributed by atoms with E-state index in [1.165, 1.54) is 17.2 Å². The lowest BCUT2D eigenvalue weighted by Crippen LogP contribution is -2.33. The third-order valence-electron chi connectivity index (χ3n) is 2.35. The number of rotatable bonds is 3. The molecule has 1 rings (SSSR count). The number of hydrogen-bond donors (Lipinski definition) is 2. The highest BCUT2D eigenvalue weighted by Crippen LogP contribution is 2.16. The molecule has 0 saturated carbocycles. The summed E-state index contributed by atoms with van der Waals surface area (Å²) in [7, 11) is 1.61. The summed E-state index contributed by atoms with van der Waals surface area (Å²) in [6.45, 7) is 3.69. The highest BCUT2D eigenvalue weighted by atomic mass is 19.1. The Kier molecular flexibility index (Phi) is 3.78. The van der Waals surface area contributed by atoms with Crippen molar-refractivity contribution in [3.05, 3.63) is 23.6 Å². The summed E-state index contributed by atoms with van der Waals surface area (Å²) in [5.41, 5.74) is 2.06. The highest BCUT2D eigenvalue weighted by molar-refractivity contribution is 5.95. The van der Waals surface area contributed by atoms with Gasteiger partial charge in [-0.3, -0.25) is 4.79 Å². The number of nitrogens with two attached hydrogens (primary N) is 1. The molecule has 0 fully saturated rings. The molecule has 6 heteroatoms. The van der Waals surface area contributed by atoms with E-state index in [1.54, 1.807) is 7.05 Å². The van der Waals surface area contributed by atoms with Crippen molar-refractivity contribution in [2.75, 3.05) is 12.5 Å². The van der Waals surface area contributed by atoms with E-state index in [4.69, 9.17) is 5.84 Å². The van der Waals surface area contributed by atoms with Crippen LogP contribution < -0.4 is 11.3 Å². The molecule has 0 radical (unpaired) electrons. The van der Waals surface area contributed by atoms with Crippen molar-refractivity contribution in [2.45, 2.75) is 19.9 Å². The molecule has 5 nitrogen and oxygen atoms in total. The minimum Gasteiger partial charge on any atom is -0.339 e. The van der Waals surface area contributed by atoms with Gasteiger partial charge in [-0.25, -0.2) is 15.2 Å². The standard InChI is InChI=1S/C10H15FN4O/c1-6(2)15(3)10(16)7-4-5-13-9(14-12)8(7)11/h4-6H,12H2,1-3H3,(H,13,14). The highest BCUT2D eigenvalue weighted by Gasteiger charge is 2.20. The van der Waals surface area contributed by atoms with Gasteiger partial charge in [0.15, 0.2) is 11.6 Å². The molecule has 0 atom stereocenters. The lowest BCUT2D eigenvalue weighted by molar-refractivity contribution is 0.0750. The molecule has 88 valence electrons. The molecule has 16 heavy (non-hydrogen) atoms. The normalized spacial score (nSPS) is 10.4. The van der Waals surface area contributed by atoms with Crippen molar-refractivity contribution in [1.82, 2.24) is 9.88 Å². The summed E-state index contributed by atoms with van der Waals surface area (Å²) >= 11 is 0. The van der Waals surface area contributed by atoms with Crippen molar-refractivity contribution >= 4 is 11.7 Å². The molecule has 1 aromatic heterocycles. The first-order valence-electron chi connectivity index (χ1n) is 4.87. The fourth-order valence-electron chi connectivity index (χ4n) is 1.13. The van der Waals surface area contributed by atoms with Crippen LogP contribution in [0.25, 0.3) is 0 Å². The van der Waals surface area contributed by atoms with Crippen LogP contribution in [0.5, 0.6) is 0 Å². The minimum atomic E-state index is -0.734. The first-order valence-corrected chi connectivity index (χ1v) is 4.87. The van der Waals surface area contributed by atoms with E-state index < -0.39 is 11.7 Å². The first-order chi connectivity index (χ1) is 7.49.